The normalized spacial score (nSPS) is 9.83. The Bertz CT molecular complexity index is 724. The lowest BCUT2D eigenvalue weighted by Gasteiger charge is -2.01. The molecule has 0 aliphatic rings. The van der Waals surface area contributed by atoms with Gasteiger partial charge in [0.25, 0.3) is 0 Å². The van der Waals surface area contributed by atoms with Gasteiger partial charge in [-0.05, 0) is 56.2 Å². The largest absolute Gasteiger partial charge is 0.295 e. The summed E-state index contributed by atoms with van der Waals surface area (Å²) in [5.41, 5.74) is 3.72. The van der Waals surface area contributed by atoms with E-state index in [0.717, 1.165) is 36.5 Å². The van der Waals surface area contributed by atoms with Gasteiger partial charge in [-0.25, -0.2) is 0 Å². The molecule has 0 aromatic heterocycles. The molecule has 2 aromatic carbocycles. The number of rotatable bonds is 3. The van der Waals surface area contributed by atoms with Crippen LogP contribution in [0.2, 0.25) is 0 Å². The van der Waals surface area contributed by atoms with Crippen LogP contribution in [0.15, 0.2) is 45.3 Å². The number of alkyl halides is 1. The fraction of sp³-hybridized carbons (Fsp3) is 0.222. The van der Waals surface area contributed by atoms with E-state index in [4.69, 9.17) is 0 Å². The van der Waals surface area contributed by atoms with Gasteiger partial charge in [-0.15, -0.1) is 0 Å². The molecule has 0 atom stereocenters. The van der Waals surface area contributed by atoms with Crippen molar-refractivity contribution in [3.05, 3.63) is 67.6 Å². The summed E-state index contributed by atoms with van der Waals surface area (Å²) in [7, 11) is 0. The molecule has 0 aliphatic heterocycles. The number of carbonyl (C=O) groups excluding carboxylic acids is 2. The molecular formula is C18H17Br3O2. The molecule has 5 heteroatoms. The van der Waals surface area contributed by atoms with Gasteiger partial charge < -0.3 is 0 Å². The van der Waals surface area contributed by atoms with Crippen molar-refractivity contribution in [1.82, 2.24) is 0 Å². The highest BCUT2D eigenvalue weighted by atomic mass is 79.9. The molecule has 23 heavy (non-hydrogen) atoms. The number of benzene rings is 2. The fourth-order valence-electron chi connectivity index (χ4n) is 1.76. The highest BCUT2D eigenvalue weighted by Crippen LogP contribution is 2.21. The minimum absolute atomic E-state index is 0.102. The van der Waals surface area contributed by atoms with Gasteiger partial charge in [-0.3, -0.25) is 9.59 Å². The van der Waals surface area contributed by atoms with Crippen molar-refractivity contribution in [2.75, 3.05) is 0 Å². The van der Waals surface area contributed by atoms with Crippen LogP contribution in [0.25, 0.3) is 0 Å². The van der Waals surface area contributed by atoms with E-state index >= 15 is 0 Å². The number of carbonyl (C=O) groups is 2. The van der Waals surface area contributed by atoms with Crippen molar-refractivity contribution in [2.45, 2.75) is 26.1 Å². The Morgan fingerprint density at radius 3 is 1.78 bits per heavy atom. The average molecular weight is 505 g/mol. The Morgan fingerprint density at radius 1 is 0.870 bits per heavy atom. The van der Waals surface area contributed by atoms with Crippen LogP contribution in [-0.2, 0) is 5.33 Å². The molecule has 0 heterocycles. The lowest BCUT2D eigenvalue weighted by atomic mass is 10.1. The van der Waals surface area contributed by atoms with Crippen molar-refractivity contribution in [3.63, 3.8) is 0 Å². The topological polar surface area (TPSA) is 34.1 Å². The number of halogens is 3. The molecule has 0 bridgehead atoms. The lowest BCUT2D eigenvalue weighted by Crippen LogP contribution is -1.93. The molecule has 0 aliphatic carbocycles. The van der Waals surface area contributed by atoms with Crippen LogP contribution >= 0.6 is 47.8 Å². The molecule has 2 aromatic rings. The standard InChI is InChI=1S/C9H8Br2O.C9H9BrO/c1-6(12)7-2-3-9(11)8(4-7)5-10;1-6-5-8(7(2)11)3-4-9(6)10/h2-4H,5H2,1H3;3-5H,1-2H3. The van der Waals surface area contributed by atoms with Crippen molar-refractivity contribution < 1.29 is 9.59 Å². The maximum atomic E-state index is 11.0. The van der Waals surface area contributed by atoms with Gasteiger partial charge in [0, 0.05) is 25.4 Å². The number of aryl methyl sites for hydroxylation is 1. The smallest absolute Gasteiger partial charge is 0.159 e. The number of hydrogen-bond donors (Lipinski definition) is 0. The zero-order valence-electron chi connectivity index (χ0n) is 13.1. The Morgan fingerprint density at radius 2 is 1.35 bits per heavy atom. The van der Waals surface area contributed by atoms with Crippen molar-refractivity contribution in [1.29, 1.82) is 0 Å². The minimum atomic E-state index is 0.102. The summed E-state index contributed by atoms with van der Waals surface area (Å²) in [6, 6.07) is 11.2. The summed E-state index contributed by atoms with van der Waals surface area (Å²) in [4.78, 5) is 21.9. The SMILES string of the molecule is CC(=O)c1ccc(Br)c(C)c1.CC(=O)c1ccc(Br)c(CBr)c1. The van der Waals surface area contributed by atoms with Gasteiger partial charge in [-0.1, -0.05) is 59.9 Å². The fourth-order valence-corrected chi connectivity index (χ4v) is 3.23. The van der Waals surface area contributed by atoms with Crippen LogP contribution in [-0.4, -0.2) is 11.6 Å². The summed E-state index contributed by atoms with van der Waals surface area (Å²) in [6.07, 6.45) is 0. The second-order valence-corrected chi connectivity index (χ2v) is 7.29. The van der Waals surface area contributed by atoms with E-state index in [1.807, 2.05) is 43.3 Å². The van der Waals surface area contributed by atoms with E-state index in [-0.39, 0.29) is 11.6 Å². The van der Waals surface area contributed by atoms with Gasteiger partial charge in [0.2, 0.25) is 0 Å². The van der Waals surface area contributed by atoms with Crippen LogP contribution in [0, 0.1) is 6.92 Å². The van der Waals surface area contributed by atoms with Crippen molar-refractivity contribution in [3.8, 4) is 0 Å². The number of hydrogen-bond acceptors (Lipinski definition) is 2. The molecule has 0 saturated heterocycles. The van der Waals surface area contributed by atoms with Gasteiger partial charge in [0.15, 0.2) is 11.6 Å². The lowest BCUT2D eigenvalue weighted by molar-refractivity contribution is 0.100. The van der Waals surface area contributed by atoms with E-state index in [0.29, 0.717) is 0 Å². The van der Waals surface area contributed by atoms with Crippen molar-refractivity contribution >= 4 is 59.4 Å². The quantitative estimate of drug-likeness (QED) is 0.353. The monoisotopic (exact) mass is 502 g/mol. The third kappa shape index (κ3) is 6.32. The van der Waals surface area contributed by atoms with E-state index in [1.165, 1.54) is 0 Å². The van der Waals surface area contributed by atoms with Crippen LogP contribution in [0.5, 0.6) is 0 Å². The van der Waals surface area contributed by atoms with Crippen LogP contribution in [0.1, 0.15) is 45.7 Å². The average Bonchev–Trinajstić information content (AvgIpc) is 2.50. The summed E-state index contributed by atoms with van der Waals surface area (Å²) in [6.45, 7) is 5.11. The first kappa shape index (κ1) is 20.3. The maximum Gasteiger partial charge on any atom is 0.159 e. The molecule has 0 N–H and O–H groups in total. The molecule has 0 amide bonds. The predicted molar refractivity (Wildman–Crippen MR) is 106 cm³/mol. The van der Waals surface area contributed by atoms with Crippen LogP contribution in [0.4, 0.5) is 0 Å². The second-order valence-electron chi connectivity index (χ2n) is 5.02. The van der Waals surface area contributed by atoms with E-state index in [9.17, 15) is 9.59 Å². The zero-order chi connectivity index (χ0) is 17.6. The molecule has 0 saturated carbocycles. The van der Waals surface area contributed by atoms with Gasteiger partial charge in [-0.2, -0.15) is 0 Å². The molecule has 0 fully saturated rings. The molecule has 0 radical (unpaired) electrons. The second kappa shape index (κ2) is 9.50. The summed E-state index contributed by atoms with van der Waals surface area (Å²) >= 11 is 10.1. The zero-order valence-corrected chi connectivity index (χ0v) is 17.9. The third-order valence-corrected chi connectivity index (χ3v) is 5.43. The summed E-state index contributed by atoms with van der Waals surface area (Å²) < 4.78 is 2.08. The predicted octanol–water partition coefficient (Wildman–Crippen LogP) is 6.51. The first-order chi connectivity index (χ1) is 10.8. The first-order valence-electron chi connectivity index (χ1n) is 6.88. The Balaban J connectivity index is 0.000000231. The summed E-state index contributed by atoms with van der Waals surface area (Å²) in [5, 5.41) is 0.759. The van der Waals surface area contributed by atoms with E-state index in [2.05, 4.69) is 47.8 Å². The highest BCUT2D eigenvalue weighted by molar-refractivity contribution is 9.11. The number of ketones is 2. The Labute approximate surface area is 162 Å². The Hall–Kier alpha value is -0.780. The van der Waals surface area contributed by atoms with Crippen molar-refractivity contribution in [2.24, 2.45) is 0 Å². The van der Waals surface area contributed by atoms with Crippen LogP contribution in [0.3, 0.4) is 0 Å². The third-order valence-electron chi connectivity index (χ3n) is 3.16. The maximum absolute atomic E-state index is 11.0. The molecular weight excluding hydrogens is 488 g/mol. The molecule has 2 rings (SSSR count). The molecule has 2 nitrogen and oxygen atoms in total. The van der Waals surface area contributed by atoms with E-state index < -0.39 is 0 Å². The van der Waals surface area contributed by atoms with Gasteiger partial charge >= 0.3 is 0 Å². The molecule has 0 spiro atoms. The highest BCUT2D eigenvalue weighted by Gasteiger charge is 2.03. The van der Waals surface area contributed by atoms with Gasteiger partial charge in [0.05, 0.1) is 0 Å². The summed E-state index contributed by atoms with van der Waals surface area (Å²) in [5.74, 6) is 0.213. The minimum Gasteiger partial charge on any atom is -0.295 e. The van der Waals surface area contributed by atoms with Gasteiger partial charge in [0.1, 0.15) is 0 Å². The Kier molecular flexibility index (Phi) is 8.37. The van der Waals surface area contributed by atoms with E-state index in [1.54, 1.807) is 13.8 Å². The first-order valence-corrected chi connectivity index (χ1v) is 9.59. The molecule has 0 unspecified atom stereocenters. The van der Waals surface area contributed by atoms with Crippen LogP contribution < -0.4 is 0 Å². The number of Topliss-reactive ketones (excluding diaryl/α,β-unsaturated/α-hetero) is 2. The molecule has 122 valence electrons.